The molecule has 2 aliphatic rings. The number of nitrogens with zero attached hydrogens (tertiary/aromatic N) is 8. The Labute approximate surface area is 175 Å². The molecule has 158 valence electrons. The van der Waals surface area contributed by atoms with Crippen LogP contribution in [0.2, 0.25) is 0 Å². The Morgan fingerprint density at radius 2 is 1.10 bits per heavy atom. The van der Waals surface area contributed by atoms with Gasteiger partial charge in [0.05, 0.1) is 58.8 Å². The number of benzene rings is 2. The van der Waals surface area contributed by atoms with Crippen LogP contribution >= 0.6 is 0 Å². The minimum absolute atomic E-state index is 0.685. The van der Waals surface area contributed by atoms with Crippen molar-refractivity contribution >= 4 is 11.4 Å². The lowest BCUT2D eigenvalue weighted by molar-refractivity contribution is -0.0290. The smallest absolute Gasteiger partial charge is 0.119 e. The van der Waals surface area contributed by atoms with Crippen molar-refractivity contribution in [3.63, 3.8) is 0 Å². The lowest BCUT2D eigenvalue weighted by atomic mass is 10.3. The van der Waals surface area contributed by atoms with Crippen LogP contribution in [-0.2, 0) is 0 Å². The number of hydrogen-bond donors (Lipinski definition) is 0. The van der Waals surface area contributed by atoms with E-state index >= 15 is 0 Å². The maximum Gasteiger partial charge on any atom is 0.119 e. The summed E-state index contributed by atoms with van der Waals surface area (Å²) in [4.78, 5) is 4.58. The van der Waals surface area contributed by atoms with Gasteiger partial charge < -0.3 is 9.47 Å². The maximum absolute atomic E-state index is 5.17. The van der Waals surface area contributed by atoms with Gasteiger partial charge in [0.2, 0.25) is 0 Å². The molecule has 0 aliphatic carbocycles. The molecule has 10 nitrogen and oxygen atoms in total. The van der Waals surface area contributed by atoms with Crippen molar-refractivity contribution in [1.29, 1.82) is 0 Å². The second kappa shape index (κ2) is 9.51. The number of fused-ring (bicyclic) bond motifs is 2. The molecule has 0 radical (unpaired) electrons. The van der Waals surface area contributed by atoms with Crippen molar-refractivity contribution < 1.29 is 9.47 Å². The molecule has 2 aliphatic heterocycles. The average molecular weight is 410 g/mol. The first-order chi connectivity index (χ1) is 14.7. The summed E-state index contributed by atoms with van der Waals surface area (Å²) in [7, 11) is 3.30. The van der Waals surface area contributed by atoms with Gasteiger partial charge in [-0.05, 0) is 48.5 Å². The molecule has 10 heteroatoms. The van der Waals surface area contributed by atoms with E-state index in [0.29, 0.717) is 13.3 Å². The highest BCUT2D eigenvalue weighted by Crippen LogP contribution is 2.21. The molecule has 2 aromatic rings. The molecule has 0 aromatic heterocycles. The van der Waals surface area contributed by atoms with Crippen LogP contribution in [0.15, 0.2) is 69.2 Å². The van der Waals surface area contributed by atoms with Gasteiger partial charge in [-0.1, -0.05) is 10.4 Å². The summed E-state index contributed by atoms with van der Waals surface area (Å²) < 4.78 is 10.3. The predicted molar refractivity (Wildman–Crippen MR) is 112 cm³/mol. The number of ether oxygens (including phenoxy) is 2. The molecule has 2 saturated heterocycles. The van der Waals surface area contributed by atoms with Gasteiger partial charge in [-0.3, -0.25) is 14.8 Å². The van der Waals surface area contributed by atoms with Crippen LogP contribution < -0.4 is 9.47 Å². The monoisotopic (exact) mass is 410 g/mol. The Hall–Kier alpha value is -3.24. The third-order valence-corrected chi connectivity index (χ3v) is 4.88. The summed E-state index contributed by atoms with van der Waals surface area (Å²) in [5, 5.41) is 21.5. The first-order valence-corrected chi connectivity index (χ1v) is 9.78. The van der Waals surface area contributed by atoms with E-state index in [2.05, 4.69) is 30.5 Å². The fourth-order valence-corrected chi connectivity index (χ4v) is 3.33. The van der Waals surface area contributed by atoms with E-state index < -0.39 is 0 Å². The molecule has 30 heavy (non-hydrogen) atoms. The molecular weight excluding hydrogens is 384 g/mol. The van der Waals surface area contributed by atoms with Gasteiger partial charge in [0, 0.05) is 6.54 Å². The van der Waals surface area contributed by atoms with Crippen molar-refractivity contribution in [2.24, 2.45) is 20.7 Å². The van der Waals surface area contributed by atoms with Gasteiger partial charge in [0.15, 0.2) is 0 Å². The molecular formula is C20H26N8O2. The molecule has 0 saturated carbocycles. The zero-order valence-corrected chi connectivity index (χ0v) is 17.3. The zero-order chi connectivity index (χ0) is 20.8. The van der Waals surface area contributed by atoms with Crippen LogP contribution in [0.5, 0.6) is 11.5 Å². The van der Waals surface area contributed by atoms with Crippen LogP contribution in [0.3, 0.4) is 0 Å². The Kier molecular flexibility index (Phi) is 6.35. The summed E-state index contributed by atoms with van der Waals surface area (Å²) in [5.74, 6) is 1.61. The third-order valence-electron chi connectivity index (χ3n) is 4.88. The molecule has 0 N–H and O–H groups in total. The highest BCUT2D eigenvalue weighted by molar-refractivity contribution is 5.41. The summed E-state index contributed by atoms with van der Waals surface area (Å²) >= 11 is 0. The fraction of sp³-hybridized carbons (Fsp3) is 0.400. The van der Waals surface area contributed by atoms with Crippen LogP contribution in [0.25, 0.3) is 0 Å². The molecule has 0 spiro atoms. The maximum atomic E-state index is 5.17. The molecule has 2 unspecified atom stereocenters. The van der Waals surface area contributed by atoms with Crippen molar-refractivity contribution in [3.8, 4) is 11.5 Å². The first kappa shape index (κ1) is 20.0. The van der Waals surface area contributed by atoms with E-state index in [1.54, 1.807) is 14.2 Å². The van der Waals surface area contributed by atoms with Crippen LogP contribution in [-0.4, -0.2) is 73.8 Å². The minimum Gasteiger partial charge on any atom is -0.497 e. The fourth-order valence-electron chi connectivity index (χ4n) is 3.33. The Morgan fingerprint density at radius 1 is 0.600 bits per heavy atom. The highest BCUT2D eigenvalue weighted by atomic mass is 16.5. The van der Waals surface area contributed by atoms with E-state index in [1.165, 1.54) is 0 Å². The van der Waals surface area contributed by atoms with Crippen molar-refractivity contribution in [3.05, 3.63) is 48.5 Å². The number of methoxy groups -OCH3 is 2. The van der Waals surface area contributed by atoms with Crippen molar-refractivity contribution in [2.75, 3.05) is 54.0 Å². The topological polar surface area (TPSA) is 80.9 Å². The number of rotatable bonds is 6. The molecule has 2 atom stereocenters. The van der Waals surface area contributed by atoms with Gasteiger partial charge >= 0.3 is 0 Å². The molecule has 2 fully saturated rings. The van der Waals surface area contributed by atoms with Gasteiger partial charge in [0.1, 0.15) is 11.5 Å². The SMILES string of the molecule is COc1ccc(N=NN2CCN3CN(C2)CN(N=Nc2ccc(OC)cc2)C3)cc1. The second-order valence-corrected chi connectivity index (χ2v) is 7.14. The molecule has 0 amide bonds. The Bertz CT molecular complexity index is 816. The summed E-state index contributed by atoms with van der Waals surface area (Å²) in [6.45, 7) is 4.67. The summed E-state index contributed by atoms with van der Waals surface area (Å²) in [6, 6.07) is 15.1. The van der Waals surface area contributed by atoms with E-state index in [0.717, 1.165) is 49.3 Å². The van der Waals surface area contributed by atoms with Crippen LogP contribution in [0.4, 0.5) is 11.4 Å². The van der Waals surface area contributed by atoms with E-state index in [4.69, 9.17) is 9.47 Å². The number of hydrogen-bond acceptors (Lipinski definition) is 8. The van der Waals surface area contributed by atoms with Crippen LogP contribution in [0.1, 0.15) is 0 Å². The highest BCUT2D eigenvalue weighted by Gasteiger charge is 2.27. The van der Waals surface area contributed by atoms with Crippen molar-refractivity contribution in [1.82, 2.24) is 19.8 Å². The third kappa shape index (κ3) is 5.22. The van der Waals surface area contributed by atoms with E-state index in [-0.39, 0.29) is 0 Å². The van der Waals surface area contributed by atoms with Crippen LogP contribution in [0, 0.1) is 0 Å². The standard InChI is InChI=1S/C20H26N8O2/c1-29-19-7-3-17(4-8-19)21-23-27-12-11-25-13-26(15-27)16-28(14-25)24-22-18-5-9-20(30-2)10-6-18/h3-10H,11-16H2,1-2H3. The largest absolute Gasteiger partial charge is 0.497 e. The quantitative estimate of drug-likeness (QED) is 0.679. The lowest BCUT2D eigenvalue weighted by Gasteiger charge is -2.37. The van der Waals surface area contributed by atoms with Gasteiger partial charge in [0.25, 0.3) is 0 Å². The first-order valence-electron chi connectivity index (χ1n) is 9.78. The second-order valence-electron chi connectivity index (χ2n) is 7.14. The average Bonchev–Trinajstić information content (AvgIpc) is 2.94. The predicted octanol–water partition coefficient (Wildman–Crippen LogP) is 3.47. The minimum atomic E-state index is 0.685. The van der Waals surface area contributed by atoms with Gasteiger partial charge in [-0.2, -0.15) is 0 Å². The van der Waals surface area contributed by atoms with Gasteiger partial charge in [-0.15, -0.1) is 10.2 Å². The van der Waals surface area contributed by atoms with E-state index in [9.17, 15) is 0 Å². The van der Waals surface area contributed by atoms with Gasteiger partial charge in [-0.25, -0.2) is 5.01 Å². The van der Waals surface area contributed by atoms with Crippen molar-refractivity contribution in [2.45, 2.75) is 0 Å². The van der Waals surface area contributed by atoms with E-state index in [1.807, 2.05) is 58.5 Å². The summed E-state index contributed by atoms with van der Waals surface area (Å²) in [6.07, 6.45) is 0. The molecule has 2 bridgehead atoms. The normalized spacial score (nSPS) is 21.8. The molecule has 2 heterocycles. The molecule has 2 aromatic carbocycles. The zero-order valence-electron chi connectivity index (χ0n) is 17.3. The Morgan fingerprint density at radius 3 is 1.67 bits per heavy atom. The Balaban J connectivity index is 1.34. The summed E-state index contributed by atoms with van der Waals surface area (Å²) in [5.41, 5.74) is 1.59. The lowest BCUT2D eigenvalue weighted by Crippen LogP contribution is -2.52. The molecule has 4 rings (SSSR count).